The first kappa shape index (κ1) is 18.7. The molecule has 0 bridgehead atoms. The van der Waals surface area contributed by atoms with Crippen LogP contribution in [0.5, 0.6) is 11.6 Å². The zero-order chi connectivity index (χ0) is 20.5. The first-order valence-corrected chi connectivity index (χ1v) is 9.41. The highest BCUT2D eigenvalue weighted by Gasteiger charge is 2.18. The molecule has 4 aromatic rings. The van der Waals surface area contributed by atoms with Gasteiger partial charge in [-0.3, -0.25) is 9.36 Å². The Bertz CT molecular complexity index is 1350. The Morgan fingerprint density at radius 2 is 1.83 bits per heavy atom. The molecule has 3 aromatic carbocycles. The lowest BCUT2D eigenvalue weighted by Gasteiger charge is -2.03. The predicted octanol–water partition coefficient (Wildman–Crippen LogP) is 5.53. The maximum atomic E-state index is 12.6. The van der Waals surface area contributed by atoms with Crippen molar-refractivity contribution in [1.29, 1.82) is 0 Å². The molecule has 0 aliphatic carbocycles. The molecular weight excluding hydrogens is 434 g/mol. The quantitative estimate of drug-likeness (QED) is 0.319. The molecule has 1 aromatic heterocycles. The van der Waals surface area contributed by atoms with Crippen molar-refractivity contribution >= 4 is 49.2 Å². The van der Waals surface area contributed by atoms with Crippen LogP contribution in [0.15, 0.2) is 69.3 Å². The number of halogens is 1. The van der Waals surface area contributed by atoms with Crippen molar-refractivity contribution in [1.82, 2.24) is 4.57 Å². The van der Waals surface area contributed by atoms with Gasteiger partial charge in [-0.2, -0.15) is 0 Å². The summed E-state index contributed by atoms with van der Waals surface area (Å²) in [5.41, 5.74) is 0.823. The van der Waals surface area contributed by atoms with E-state index in [1.165, 1.54) is 10.6 Å². The van der Waals surface area contributed by atoms with E-state index in [0.29, 0.717) is 10.9 Å². The van der Waals surface area contributed by atoms with Gasteiger partial charge >= 0.3 is 0 Å². The van der Waals surface area contributed by atoms with Gasteiger partial charge in [-0.1, -0.05) is 46.1 Å². The minimum Gasteiger partial charge on any atom is -0.507 e. The topological polar surface area (TPSA) is 87.2 Å². The maximum absolute atomic E-state index is 12.6. The smallest absolute Gasteiger partial charge is 0.299 e. The standard InChI is InChI=1S/C22H14BrN3O3/c1-2-9-26-18-8-7-15(23)12-16(18)20(22(26)29)24-25-21(28)17-10-13-5-3-4-6-14(13)11-19(17)27/h1,3-8,10-12,27,29H,9H2. The largest absolute Gasteiger partial charge is 0.507 e. The van der Waals surface area contributed by atoms with Gasteiger partial charge in [0.25, 0.3) is 5.91 Å². The fourth-order valence-electron chi connectivity index (χ4n) is 3.19. The van der Waals surface area contributed by atoms with Gasteiger partial charge in [0.2, 0.25) is 5.88 Å². The van der Waals surface area contributed by atoms with Crippen LogP contribution in [-0.4, -0.2) is 20.7 Å². The molecule has 0 saturated carbocycles. The van der Waals surface area contributed by atoms with Gasteiger partial charge in [0.15, 0.2) is 5.69 Å². The SMILES string of the molecule is C#CCn1c(O)c(N=NC(=O)c2cc3ccccc3cc2O)c2cc(Br)ccc21. The number of carbonyl (C=O) groups is 1. The van der Waals surface area contributed by atoms with Gasteiger partial charge in [0.1, 0.15) is 5.75 Å². The average Bonchev–Trinajstić information content (AvgIpc) is 2.96. The number of terminal acetylenes is 1. The second kappa shape index (κ2) is 7.41. The summed E-state index contributed by atoms with van der Waals surface area (Å²) in [6, 6.07) is 15.8. The summed E-state index contributed by atoms with van der Waals surface area (Å²) in [7, 11) is 0. The van der Waals surface area contributed by atoms with Gasteiger partial charge in [-0.25, -0.2) is 0 Å². The van der Waals surface area contributed by atoms with Crippen LogP contribution in [0, 0.1) is 12.3 Å². The van der Waals surface area contributed by atoms with Crippen LogP contribution in [0.4, 0.5) is 5.69 Å². The number of carbonyl (C=O) groups excluding carboxylic acids is 1. The molecule has 1 amide bonds. The Morgan fingerprint density at radius 1 is 1.10 bits per heavy atom. The number of fused-ring (bicyclic) bond motifs is 2. The summed E-state index contributed by atoms with van der Waals surface area (Å²) in [6.45, 7) is 0.138. The number of aromatic nitrogens is 1. The summed E-state index contributed by atoms with van der Waals surface area (Å²) in [4.78, 5) is 12.6. The molecule has 4 rings (SSSR count). The third-order valence-corrected chi connectivity index (χ3v) is 5.05. The van der Waals surface area contributed by atoms with Crippen LogP contribution in [-0.2, 0) is 6.54 Å². The molecule has 0 aliphatic heterocycles. The Hall–Kier alpha value is -3.63. The highest BCUT2D eigenvalue weighted by Crippen LogP contribution is 2.40. The zero-order valence-corrected chi connectivity index (χ0v) is 16.6. The van der Waals surface area contributed by atoms with Crippen LogP contribution in [0.2, 0.25) is 0 Å². The van der Waals surface area contributed by atoms with Crippen LogP contribution in [0.1, 0.15) is 10.4 Å². The number of phenolic OH excluding ortho intramolecular Hbond substituents is 1. The van der Waals surface area contributed by atoms with Crippen molar-refractivity contribution in [2.75, 3.05) is 0 Å². The van der Waals surface area contributed by atoms with E-state index in [1.54, 1.807) is 18.2 Å². The highest BCUT2D eigenvalue weighted by atomic mass is 79.9. The van der Waals surface area contributed by atoms with E-state index in [0.717, 1.165) is 15.2 Å². The Morgan fingerprint density at radius 3 is 2.55 bits per heavy atom. The number of nitrogens with zero attached hydrogens (tertiary/aromatic N) is 3. The number of hydrogen-bond donors (Lipinski definition) is 2. The molecule has 142 valence electrons. The molecule has 0 fully saturated rings. The molecular formula is C22H14BrN3O3. The van der Waals surface area contributed by atoms with Gasteiger partial charge in [-0.05, 0) is 41.1 Å². The van der Waals surface area contributed by atoms with Crippen LogP contribution in [0.25, 0.3) is 21.7 Å². The maximum Gasteiger partial charge on any atom is 0.299 e. The third kappa shape index (κ3) is 3.35. The van der Waals surface area contributed by atoms with Gasteiger partial charge in [0.05, 0.1) is 17.6 Å². The minimum absolute atomic E-state index is 0.0282. The summed E-state index contributed by atoms with van der Waals surface area (Å²) in [6.07, 6.45) is 5.39. The minimum atomic E-state index is -0.722. The van der Waals surface area contributed by atoms with E-state index in [9.17, 15) is 15.0 Å². The van der Waals surface area contributed by atoms with Crippen LogP contribution in [0.3, 0.4) is 0 Å². The summed E-state index contributed by atoms with van der Waals surface area (Å²) >= 11 is 3.39. The molecule has 0 aliphatic rings. The molecule has 6 nitrogen and oxygen atoms in total. The highest BCUT2D eigenvalue weighted by molar-refractivity contribution is 9.10. The molecule has 0 saturated heterocycles. The molecule has 29 heavy (non-hydrogen) atoms. The van der Waals surface area contributed by atoms with E-state index < -0.39 is 5.91 Å². The Kier molecular flexibility index (Phi) is 4.79. The van der Waals surface area contributed by atoms with Gasteiger partial charge < -0.3 is 10.2 Å². The third-order valence-electron chi connectivity index (χ3n) is 4.56. The number of phenols is 1. The second-order valence-corrected chi connectivity index (χ2v) is 7.26. The molecule has 7 heteroatoms. The number of benzene rings is 3. The van der Waals surface area contributed by atoms with Crippen LogP contribution < -0.4 is 0 Å². The molecule has 1 heterocycles. The van der Waals surface area contributed by atoms with Crippen molar-refractivity contribution in [2.45, 2.75) is 6.54 Å². The van der Waals surface area contributed by atoms with Crippen molar-refractivity contribution < 1.29 is 15.0 Å². The molecule has 2 N–H and O–H groups in total. The fraction of sp³-hybridized carbons (Fsp3) is 0.0455. The first-order chi connectivity index (χ1) is 14.0. The Labute approximate surface area is 174 Å². The molecule has 0 unspecified atom stereocenters. The number of rotatable bonds is 3. The fourth-order valence-corrected chi connectivity index (χ4v) is 3.56. The van der Waals surface area contributed by atoms with E-state index in [-0.39, 0.29) is 29.4 Å². The Balaban J connectivity index is 1.78. The van der Waals surface area contributed by atoms with E-state index in [1.807, 2.05) is 30.3 Å². The van der Waals surface area contributed by atoms with Crippen molar-refractivity contribution in [3.05, 3.63) is 64.6 Å². The number of azo groups is 1. The van der Waals surface area contributed by atoms with Crippen molar-refractivity contribution in [3.63, 3.8) is 0 Å². The van der Waals surface area contributed by atoms with Gasteiger partial charge in [-0.15, -0.1) is 16.7 Å². The lowest BCUT2D eigenvalue weighted by molar-refractivity contribution is 0.0992. The van der Waals surface area contributed by atoms with Crippen LogP contribution >= 0.6 is 15.9 Å². The first-order valence-electron chi connectivity index (χ1n) is 8.61. The summed E-state index contributed by atoms with van der Waals surface area (Å²) in [5.74, 6) is 1.39. The summed E-state index contributed by atoms with van der Waals surface area (Å²) < 4.78 is 2.28. The predicted molar refractivity (Wildman–Crippen MR) is 115 cm³/mol. The number of amides is 1. The molecule has 0 atom stereocenters. The molecule has 0 radical (unpaired) electrons. The lowest BCUT2D eigenvalue weighted by Crippen LogP contribution is -1.95. The van der Waals surface area contributed by atoms with E-state index in [4.69, 9.17) is 6.42 Å². The average molecular weight is 448 g/mol. The van der Waals surface area contributed by atoms with Gasteiger partial charge in [0, 0.05) is 9.86 Å². The second-order valence-electron chi connectivity index (χ2n) is 6.35. The number of aromatic hydroxyl groups is 2. The van der Waals surface area contributed by atoms with Crippen molar-refractivity contribution in [2.24, 2.45) is 10.2 Å². The van der Waals surface area contributed by atoms with Crippen molar-refractivity contribution in [3.8, 4) is 24.0 Å². The van der Waals surface area contributed by atoms with E-state index >= 15 is 0 Å². The zero-order valence-electron chi connectivity index (χ0n) is 15.0. The summed E-state index contributed by atoms with van der Waals surface area (Å²) in [5, 5.41) is 30.7. The molecule has 0 spiro atoms. The monoisotopic (exact) mass is 447 g/mol. The lowest BCUT2D eigenvalue weighted by atomic mass is 10.1. The normalized spacial score (nSPS) is 11.3. The number of hydrogen-bond acceptors (Lipinski definition) is 4. The van der Waals surface area contributed by atoms with E-state index in [2.05, 4.69) is 32.1 Å².